The summed E-state index contributed by atoms with van der Waals surface area (Å²) in [7, 11) is 0. The quantitative estimate of drug-likeness (QED) is 0.318. The molecule has 0 radical (unpaired) electrons. The number of carbonyl (C=O) groups is 1. The Balaban J connectivity index is 1.44. The van der Waals surface area contributed by atoms with Crippen LogP contribution in [0.2, 0.25) is 0 Å². The van der Waals surface area contributed by atoms with E-state index in [1.54, 1.807) is 18.5 Å². The highest BCUT2D eigenvalue weighted by molar-refractivity contribution is 5.97. The van der Waals surface area contributed by atoms with Crippen molar-refractivity contribution in [2.75, 3.05) is 6.54 Å². The first kappa shape index (κ1) is 23.4. The zero-order chi connectivity index (χ0) is 23.9. The van der Waals surface area contributed by atoms with Crippen LogP contribution in [-0.4, -0.2) is 33.8 Å². The highest BCUT2D eigenvalue weighted by atomic mass is 16.4. The molecule has 1 heterocycles. The topological polar surface area (TPSA) is 82.5 Å². The highest BCUT2D eigenvalue weighted by Gasteiger charge is 2.14. The minimum absolute atomic E-state index is 0.191. The van der Waals surface area contributed by atoms with Crippen LogP contribution in [0.25, 0.3) is 22.3 Å². The van der Waals surface area contributed by atoms with Crippen molar-refractivity contribution in [2.45, 2.75) is 25.5 Å². The van der Waals surface area contributed by atoms with Gasteiger partial charge < -0.3 is 15.5 Å². The number of aliphatic hydroxyl groups is 1. The van der Waals surface area contributed by atoms with Crippen LogP contribution in [0.15, 0.2) is 97.3 Å². The number of aromatic carboxylic acids is 1. The highest BCUT2D eigenvalue weighted by Crippen LogP contribution is 2.30. The molecule has 0 saturated carbocycles. The fourth-order valence-corrected chi connectivity index (χ4v) is 4.03. The second-order valence-electron chi connectivity index (χ2n) is 8.44. The molecule has 0 spiro atoms. The zero-order valence-corrected chi connectivity index (χ0v) is 19.1. The van der Waals surface area contributed by atoms with Crippen LogP contribution < -0.4 is 5.32 Å². The lowest BCUT2D eigenvalue weighted by Gasteiger charge is -2.17. The minimum atomic E-state index is -0.934. The van der Waals surface area contributed by atoms with E-state index in [4.69, 9.17) is 0 Å². The number of hydrogen-bond donors (Lipinski definition) is 3. The SMILES string of the molecule is C[C@H](Cc1ccc(-c2ccc(C(=O)O)c(-c3ccccc3)c2)cc1)NC[C@H](O)c1cccnc1. The van der Waals surface area contributed by atoms with E-state index in [0.29, 0.717) is 17.7 Å². The first-order valence-electron chi connectivity index (χ1n) is 11.3. The third kappa shape index (κ3) is 5.76. The van der Waals surface area contributed by atoms with Crippen molar-refractivity contribution >= 4 is 5.97 Å². The fourth-order valence-electron chi connectivity index (χ4n) is 4.03. The van der Waals surface area contributed by atoms with E-state index >= 15 is 0 Å². The molecule has 0 aliphatic heterocycles. The number of rotatable bonds is 9. The molecule has 5 nitrogen and oxygen atoms in total. The summed E-state index contributed by atoms with van der Waals surface area (Å²) in [5.74, 6) is -0.934. The average Bonchev–Trinajstić information content (AvgIpc) is 2.88. The summed E-state index contributed by atoms with van der Waals surface area (Å²) in [6.07, 6.45) is 3.61. The number of benzene rings is 3. The van der Waals surface area contributed by atoms with Gasteiger partial charge >= 0.3 is 5.97 Å². The van der Waals surface area contributed by atoms with Crippen LogP contribution in [0.5, 0.6) is 0 Å². The monoisotopic (exact) mass is 452 g/mol. The molecule has 3 aromatic carbocycles. The summed E-state index contributed by atoms with van der Waals surface area (Å²) in [6, 6.07) is 27.3. The molecule has 0 unspecified atom stereocenters. The van der Waals surface area contributed by atoms with Gasteiger partial charge in [0.2, 0.25) is 0 Å². The lowest BCUT2D eigenvalue weighted by Crippen LogP contribution is -2.32. The molecule has 2 atom stereocenters. The molecule has 0 saturated heterocycles. The van der Waals surface area contributed by atoms with Gasteiger partial charge in [-0.05, 0) is 59.4 Å². The molecule has 5 heteroatoms. The molecule has 0 amide bonds. The Labute approximate surface area is 199 Å². The molecule has 1 aromatic heterocycles. The van der Waals surface area contributed by atoms with E-state index in [-0.39, 0.29) is 6.04 Å². The molecular weight excluding hydrogens is 424 g/mol. The first-order chi connectivity index (χ1) is 16.5. The maximum atomic E-state index is 11.7. The molecule has 0 bridgehead atoms. The number of pyridine rings is 1. The standard InChI is InChI=1S/C29H28N2O3/c1-20(31-19-28(32)25-8-5-15-30-18-25)16-21-9-11-22(12-10-21)24-13-14-26(29(33)34)27(17-24)23-6-3-2-4-7-23/h2-15,17-18,20,28,31-32H,16,19H2,1H3,(H,33,34)/t20-,28+/m1/s1. The van der Waals surface area contributed by atoms with Gasteiger partial charge in [0.25, 0.3) is 0 Å². The predicted molar refractivity (Wildman–Crippen MR) is 135 cm³/mol. The normalized spacial score (nSPS) is 12.8. The number of nitrogens with zero attached hydrogens (tertiary/aromatic N) is 1. The number of nitrogens with one attached hydrogen (secondary N) is 1. The first-order valence-corrected chi connectivity index (χ1v) is 11.3. The molecule has 4 aromatic rings. The maximum absolute atomic E-state index is 11.7. The number of carboxylic acids is 1. The van der Waals surface area contributed by atoms with E-state index in [9.17, 15) is 15.0 Å². The Morgan fingerprint density at radius 2 is 1.65 bits per heavy atom. The van der Waals surface area contributed by atoms with Crippen molar-refractivity contribution in [3.05, 3.63) is 114 Å². The van der Waals surface area contributed by atoms with Crippen LogP contribution in [0.1, 0.15) is 34.5 Å². The molecule has 0 fully saturated rings. The second-order valence-corrected chi connectivity index (χ2v) is 8.44. The van der Waals surface area contributed by atoms with Gasteiger partial charge in [0.05, 0.1) is 11.7 Å². The molecular formula is C29H28N2O3. The van der Waals surface area contributed by atoms with Gasteiger partial charge in [0.15, 0.2) is 0 Å². The smallest absolute Gasteiger partial charge is 0.336 e. The van der Waals surface area contributed by atoms with Crippen LogP contribution in [0.3, 0.4) is 0 Å². The summed E-state index contributed by atoms with van der Waals surface area (Å²) in [6.45, 7) is 2.56. The third-order valence-electron chi connectivity index (χ3n) is 5.89. The van der Waals surface area contributed by atoms with E-state index in [1.165, 1.54) is 5.56 Å². The summed E-state index contributed by atoms with van der Waals surface area (Å²) in [5, 5.41) is 23.3. The number of aromatic nitrogens is 1. The lowest BCUT2D eigenvalue weighted by atomic mass is 9.94. The molecule has 34 heavy (non-hydrogen) atoms. The van der Waals surface area contributed by atoms with Gasteiger partial charge in [-0.3, -0.25) is 4.98 Å². The van der Waals surface area contributed by atoms with Crippen LogP contribution >= 0.6 is 0 Å². The summed E-state index contributed by atoms with van der Waals surface area (Å²) in [4.78, 5) is 15.8. The molecule has 0 aliphatic carbocycles. The third-order valence-corrected chi connectivity index (χ3v) is 5.89. The van der Waals surface area contributed by atoms with E-state index < -0.39 is 12.1 Å². The summed E-state index contributed by atoms with van der Waals surface area (Å²) >= 11 is 0. The molecule has 3 N–H and O–H groups in total. The van der Waals surface area contributed by atoms with Gasteiger partial charge in [-0.15, -0.1) is 0 Å². The fraction of sp³-hybridized carbons (Fsp3) is 0.172. The molecule has 4 rings (SSSR count). The van der Waals surface area contributed by atoms with Gasteiger partial charge in [-0.25, -0.2) is 4.79 Å². The Bertz CT molecular complexity index is 1230. The predicted octanol–water partition coefficient (Wildman–Crippen LogP) is 5.37. The minimum Gasteiger partial charge on any atom is -0.478 e. The van der Waals surface area contributed by atoms with Crippen molar-refractivity contribution < 1.29 is 15.0 Å². The number of hydrogen-bond acceptors (Lipinski definition) is 4. The van der Waals surface area contributed by atoms with Crippen LogP contribution in [0, 0.1) is 0 Å². The second kappa shape index (κ2) is 10.9. The van der Waals surface area contributed by atoms with Gasteiger partial charge in [0, 0.05) is 30.5 Å². The van der Waals surface area contributed by atoms with Gasteiger partial charge in [-0.2, -0.15) is 0 Å². The molecule has 0 aliphatic rings. The van der Waals surface area contributed by atoms with Crippen molar-refractivity contribution in [2.24, 2.45) is 0 Å². The van der Waals surface area contributed by atoms with Crippen LogP contribution in [0.4, 0.5) is 0 Å². The Hall–Kier alpha value is -3.80. The molecule has 172 valence electrons. The maximum Gasteiger partial charge on any atom is 0.336 e. The van der Waals surface area contributed by atoms with Gasteiger partial charge in [-0.1, -0.05) is 66.7 Å². The van der Waals surface area contributed by atoms with E-state index in [0.717, 1.165) is 28.7 Å². The van der Waals surface area contributed by atoms with Gasteiger partial charge in [0.1, 0.15) is 0 Å². The van der Waals surface area contributed by atoms with Crippen molar-refractivity contribution in [3.8, 4) is 22.3 Å². The Kier molecular flexibility index (Phi) is 7.48. The largest absolute Gasteiger partial charge is 0.478 e. The average molecular weight is 453 g/mol. The van der Waals surface area contributed by atoms with Crippen molar-refractivity contribution in [1.29, 1.82) is 0 Å². The Morgan fingerprint density at radius 3 is 2.32 bits per heavy atom. The van der Waals surface area contributed by atoms with Crippen molar-refractivity contribution in [1.82, 2.24) is 10.3 Å². The summed E-state index contributed by atoms with van der Waals surface area (Å²) in [5.41, 5.74) is 5.87. The lowest BCUT2D eigenvalue weighted by molar-refractivity contribution is 0.0697. The number of aliphatic hydroxyl groups excluding tert-OH is 1. The van der Waals surface area contributed by atoms with E-state index in [2.05, 4.69) is 41.5 Å². The van der Waals surface area contributed by atoms with Crippen LogP contribution in [-0.2, 0) is 6.42 Å². The van der Waals surface area contributed by atoms with Crippen molar-refractivity contribution in [3.63, 3.8) is 0 Å². The zero-order valence-electron chi connectivity index (χ0n) is 19.1. The van der Waals surface area contributed by atoms with E-state index in [1.807, 2.05) is 54.6 Å². The Morgan fingerprint density at radius 1 is 0.912 bits per heavy atom. The number of carboxylic acid groups (broad SMARTS) is 1. The summed E-state index contributed by atoms with van der Waals surface area (Å²) < 4.78 is 0.